The predicted octanol–water partition coefficient (Wildman–Crippen LogP) is 2.01. The molecule has 0 saturated heterocycles. The van der Waals surface area contributed by atoms with Crippen molar-refractivity contribution in [1.29, 1.82) is 0 Å². The van der Waals surface area contributed by atoms with Crippen molar-refractivity contribution in [2.24, 2.45) is 0 Å². The van der Waals surface area contributed by atoms with Crippen molar-refractivity contribution in [3.8, 4) is 0 Å². The third kappa shape index (κ3) is 12.8. The molecule has 0 aliphatic rings. The Hall–Kier alpha value is -2.41. The Morgan fingerprint density at radius 3 is 2.16 bits per heavy atom. The summed E-state index contributed by atoms with van der Waals surface area (Å²) < 4.78 is 1.16. The number of carbonyl (C=O) groups excluding carboxylic acids is 1. The van der Waals surface area contributed by atoms with Crippen molar-refractivity contribution in [2.75, 3.05) is 6.54 Å². The second-order valence-electron chi connectivity index (χ2n) is 7.03. The molecule has 0 saturated carbocycles. The lowest BCUT2D eigenvalue weighted by Gasteiger charge is -2.19. The van der Waals surface area contributed by atoms with Gasteiger partial charge in [-0.25, -0.2) is 9.59 Å². The molecule has 1 aromatic rings. The van der Waals surface area contributed by atoms with Crippen molar-refractivity contribution < 1.29 is 34.5 Å². The Labute approximate surface area is 193 Å². The molecular formula is C20H28IN3O7. The highest BCUT2D eigenvalue weighted by molar-refractivity contribution is 14.1. The summed E-state index contributed by atoms with van der Waals surface area (Å²) in [5.74, 6) is -3.50. The van der Waals surface area contributed by atoms with Gasteiger partial charge in [0.2, 0.25) is 0 Å². The SMILES string of the molecule is O=C(O)CC[C@@H](CC(=O)O)NC(=O)N[C@@H](CCCCNCc1ccc(I)cc1)C(=O)O. The van der Waals surface area contributed by atoms with Gasteiger partial charge in [0.15, 0.2) is 0 Å². The van der Waals surface area contributed by atoms with Gasteiger partial charge in [0, 0.05) is 22.6 Å². The van der Waals surface area contributed by atoms with E-state index in [1.165, 1.54) is 0 Å². The van der Waals surface area contributed by atoms with Crippen LogP contribution >= 0.6 is 22.6 Å². The zero-order valence-corrected chi connectivity index (χ0v) is 19.1. The maximum Gasteiger partial charge on any atom is 0.326 e. The molecule has 10 nitrogen and oxygen atoms in total. The van der Waals surface area contributed by atoms with Gasteiger partial charge in [-0.05, 0) is 72.5 Å². The van der Waals surface area contributed by atoms with Crippen molar-refractivity contribution in [2.45, 2.75) is 57.2 Å². The fraction of sp³-hybridized carbons (Fsp3) is 0.500. The van der Waals surface area contributed by atoms with Crippen molar-refractivity contribution >= 4 is 46.5 Å². The van der Waals surface area contributed by atoms with Gasteiger partial charge in [0.25, 0.3) is 0 Å². The van der Waals surface area contributed by atoms with E-state index in [9.17, 15) is 24.3 Å². The molecule has 0 fully saturated rings. The molecule has 0 aliphatic carbocycles. The van der Waals surface area contributed by atoms with E-state index in [0.29, 0.717) is 19.5 Å². The van der Waals surface area contributed by atoms with Crippen LogP contribution in [0.1, 0.15) is 44.1 Å². The number of halogens is 1. The number of aliphatic carboxylic acids is 3. The monoisotopic (exact) mass is 549 g/mol. The Balaban J connectivity index is 2.36. The highest BCUT2D eigenvalue weighted by atomic mass is 127. The molecular weight excluding hydrogens is 521 g/mol. The third-order valence-electron chi connectivity index (χ3n) is 4.41. The molecule has 0 aromatic heterocycles. The number of carboxylic acids is 3. The number of nitrogens with one attached hydrogen (secondary N) is 3. The largest absolute Gasteiger partial charge is 0.481 e. The number of hydrogen-bond acceptors (Lipinski definition) is 5. The van der Waals surface area contributed by atoms with Gasteiger partial charge in [0.1, 0.15) is 6.04 Å². The van der Waals surface area contributed by atoms with Gasteiger partial charge in [0.05, 0.1) is 6.42 Å². The van der Waals surface area contributed by atoms with Crippen LogP contribution in [0, 0.1) is 3.57 Å². The standard InChI is InChI=1S/C20H28IN3O7/c21-14-6-4-13(5-7-14)12-22-10-2-1-3-16(19(29)30)24-20(31)23-15(11-18(27)28)8-9-17(25)26/h4-7,15-16,22H,1-3,8-12H2,(H,25,26)(H,27,28)(H,29,30)(H2,23,24,31)/t15-,16-/m0/s1. The van der Waals surface area contributed by atoms with Crippen LogP contribution in [0.3, 0.4) is 0 Å². The first-order chi connectivity index (χ1) is 14.7. The van der Waals surface area contributed by atoms with E-state index >= 15 is 0 Å². The maximum atomic E-state index is 12.1. The number of amides is 2. The molecule has 11 heteroatoms. The van der Waals surface area contributed by atoms with Crippen LogP contribution < -0.4 is 16.0 Å². The number of rotatable bonds is 15. The molecule has 0 heterocycles. The number of hydrogen-bond donors (Lipinski definition) is 6. The fourth-order valence-corrected chi connectivity index (χ4v) is 3.17. The molecule has 0 bridgehead atoms. The molecule has 0 radical (unpaired) electrons. The van der Waals surface area contributed by atoms with E-state index in [4.69, 9.17) is 10.2 Å². The van der Waals surface area contributed by atoms with Gasteiger partial charge in [-0.2, -0.15) is 0 Å². The lowest BCUT2D eigenvalue weighted by Crippen LogP contribution is -2.49. The first kappa shape index (κ1) is 26.6. The summed E-state index contributed by atoms with van der Waals surface area (Å²) in [4.78, 5) is 45.0. The first-order valence-corrected chi connectivity index (χ1v) is 10.9. The van der Waals surface area contributed by atoms with Crippen LogP contribution in [-0.2, 0) is 20.9 Å². The van der Waals surface area contributed by atoms with Gasteiger partial charge in [-0.15, -0.1) is 0 Å². The zero-order valence-electron chi connectivity index (χ0n) is 17.0. The van der Waals surface area contributed by atoms with Gasteiger partial charge < -0.3 is 31.3 Å². The van der Waals surface area contributed by atoms with E-state index in [-0.39, 0.29) is 19.3 Å². The molecule has 0 spiro atoms. The number of benzene rings is 1. The van der Waals surface area contributed by atoms with Crippen LogP contribution in [0.15, 0.2) is 24.3 Å². The Morgan fingerprint density at radius 2 is 1.58 bits per heavy atom. The van der Waals surface area contributed by atoms with Gasteiger partial charge in [-0.3, -0.25) is 9.59 Å². The summed E-state index contributed by atoms with van der Waals surface area (Å²) in [6, 6.07) is 5.25. The van der Waals surface area contributed by atoms with Gasteiger partial charge in [-0.1, -0.05) is 12.1 Å². The van der Waals surface area contributed by atoms with Crippen molar-refractivity contribution in [3.63, 3.8) is 0 Å². The molecule has 0 unspecified atom stereocenters. The van der Waals surface area contributed by atoms with E-state index in [1.54, 1.807) is 0 Å². The number of carbonyl (C=O) groups is 4. The maximum absolute atomic E-state index is 12.1. The number of unbranched alkanes of at least 4 members (excludes halogenated alkanes) is 1. The van der Waals surface area contributed by atoms with Gasteiger partial charge >= 0.3 is 23.9 Å². The predicted molar refractivity (Wildman–Crippen MR) is 121 cm³/mol. The van der Waals surface area contributed by atoms with E-state index in [1.807, 2.05) is 24.3 Å². The molecule has 1 aromatic carbocycles. The molecule has 2 amide bonds. The first-order valence-electron chi connectivity index (χ1n) is 9.86. The minimum Gasteiger partial charge on any atom is -0.481 e. The summed E-state index contributed by atoms with van der Waals surface area (Å²) in [7, 11) is 0. The summed E-state index contributed by atoms with van der Waals surface area (Å²) in [6.45, 7) is 1.40. The molecule has 2 atom stereocenters. The smallest absolute Gasteiger partial charge is 0.326 e. The molecule has 172 valence electrons. The summed E-state index contributed by atoms with van der Waals surface area (Å²) >= 11 is 2.24. The topological polar surface area (TPSA) is 165 Å². The second kappa shape index (κ2) is 14.6. The molecule has 0 aliphatic heterocycles. The highest BCUT2D eigenvalue weighted by Crippen LogP contribution is 2.07. The molecule has 31 heavy (non-hydrogen) atoms. The van der Waals surface area contributed by atoms with Crippen molar-refractivity contribution in [1.82, 2.24) is 16.0 Å². The quantitative estimate of drug-likeness (QED) is 0.143. The Kier molecular flexibility index (Phi) is 12.5. The Bertz CT molecular complexity index is 743. The average Bonchev–Trinajstić information content (AvgIpc) is 2.68. The summed E-state index contributed by atoms with van der Waals surface area (Å²) in [5, 5.41) is 34.9. The minimum absolute atomic E-state index is 0.0704. The average molecular weight is 549 g/mol. The summed E-state index contributed by atoms with van der Waals surface area (Å²) in [5.41, 5.74) is 1.15. The second-order valence-corrected chi connectivity index (χ2v) is 8.28. The zero-order chi connectivity index (χ0) is 23.2. The highest BCUT2D eigenvalue weighted by Gasteiger charge is 2.22. The third-order valence-corrected chi connectivity index (χ3v) is 5.12. The minimum atomic E-state index is -1.19. The van der Waals surface area contributed by atoms with Crippen LogP contribution in [0.2, 0.25) is 0 Å². The number of carboxylic acid groups (broad SMARTS) is 3. The molecule has 6 N–H and O–H groups in total. The van der Waals surface area contributed by atoms with E-state index < -0.39 is 42.4 Å². The van der Waals surface area contributed by atoms with Crippen LogP contribution in [0.4, 0.5) is 4.79 Å². The molecule has 1 rings (SSSR count). The normalized spacial score (nSPS) is 12.5. The van der Waals surface area contributed by atoms with E-state index in [0.717, 1.165) is 15.6 Å². The van der Waals surface area contributed by atoms with Crippen LogP contribution in [0.5, 0.6) is 0 Å². The Morgan fingerprint density at radius 1 is 0.903 bits per heavy atom. The summed E-state index contributed by atoms with van der Waals surface area (Å²) in [6.07, 6.45) is 0.665. The fourth-order valence-electron chi connectivity index (χ4n) is 2.81. The van der Waals surface area contributed by atoms with E-state index in [2.05, 4.69) is 38.5 Å². The lowest BCUT2D eigenvalue weighted by molar-refractivity contribution is -0.140. The van der Waals surface area contributed by atoms with Crippen LogP contribution in [-0.4, -0.2) is 57.9 Å². The van der Waals surface area contributed by atoms with Crippen LogP contribution in [0.25, 0.3) is 0 Å². The number of urea groups is 1. The van der Waals surface area contributed by atoms with Crippen molar-refractivity contribution in [3.05, 3.63) is 33.4 Å². The lowest BCUT2D eigenvalue weighted by atomic mass is 10.1.